The number of carbonyl (C=O) groups excluding carboxylic acids is 2. The Morgan fingerprint density at radius 2 is 2.03 bits per heavy atom. The third kappa shape index (κ3) is 4.06. The van der Waals surface area contributed by atoms with Crippen molar-refractivity contribution in [1.82, 2.24) is 24.6 Å². The van der Waals surface area contributed by atoms with Gasteiger partial charge in [-0.25, -0.2) is 9.07 Å². The molecule has 1 aliphatic rings. The summed E-state index contributed by atoms with van der Waals surface area (Å²) in [6, 6.07) is 9.76. The number of hydrogen-bond donors (Lipinski definition) is 1. The molecule has 1 fully saturated rings. The summed E-state index contributed by atoms with van der Waals surface area (Å²) in [6.45, 7) is 1.90. The number of benzene rings is 1. The molecule has 3 aromatic rings. The molecule has 0 radical (unpaired) electrons. The molecule has 1 aromatic carbocycles. The number of amides is 2. The van der Waals surface area contributed by atoms with E-state index >= 15 is 0 Å². The quantitative estimate of drug-likeness (QED) is 0.625. The van der Waals surface area contributed by atoms with Gasteiger partial charge in [-0.05, 0) is 43.2 Å². The average molecular weight is 395 g/mol. The first-order valence-electron chi connectivity index (χ1n) is 9.67. The lowest BCUT2D eigenvalue weighted by Crippen LogP contribution is -2.31. The highest BCUT2D eigenvalue weighted by Crippen LogP contribution is 2.20. The van der Waals surface area contributed by atoms with Crippen LogP contribution in [0.1, 0.15) is 29.6 Å². The molecular formula is C21H22FN5O2. The van der Waals surface area contributed by atoms with Gasteiger partial charge < -0.3 is 14.8 Å². The van der Waals surface area contributed by atoms with Crippen molar-refractivity contribution in [2.24, 2.45) is 0 Å². The minimum absolute atomic E-state index is 0.183. The Labute approximate surface area is 167 Å². The summed E-state index contributed by atoms with van der Waals surface area (Å²) in [4.78, 5) is 26.3. The Balaban J connectivity index is 1.51. The summed E-state index contributed by atoms with van der Waals surface area (Å²) in [5.41, 5.74) is 0.919. The molecule has 29 heavy (non-hydrogen) atoms. The molecule has 1 aliphatic heterocycles. The van der Waals surface area contributed by atoms with Crippen LogP contribution in [0.5, 0.6) is 0 Å². The summed E-state index contributed by atoms with van der Waals surface area (Å²) >= 11 is 0. The second-order valence-electron chi connectivity index (χ2n) is 6.96. The largest absolute Gasteiger partial charge is 0.352 e. The van der Waals surface area contributed by atoms with E-state index < -0.39 is 0 Å². The van der Waals surface area contributed by atoms with Crippen molar-refractivity contribution in [1.29, 1.82) is 0 Å². The SMILES string of the molecule is O=C(NCCCN1CCCC1=O)c1cnn(-c2cccc(F)c2)c1-n1cccc1. The molecule has 7 nitrogen and oxygen atoms in total. The van der Waals surface area contributed by atoms with E-state index in [9.17, 15) is 14.0 Å². The Morgan fingerprint density at radius 3 is 2.76 bits per heavy atom. The van der Waals surface area contributed by atoms with Crippen molar-refractivity contribution in [3.63, 3.8) is 0 Å². The summed E-state index contributed by atoms with van der Waals surface area (Å²) in [5.74, 6) is 0.0819. The Hall–Kier alpha value is -3.42. The number of nitrogens with zero attached hydrogens (tertiary/aromatic N) is 4. The third-order valence-electron chi connectivity index (χ3n) is 4.95. The van der Waals surface area contributed by atoms with Gasteiger partial charge >= 0.3 is 0 Å². The molecule has 0 atom stereocenters. The van der Waals surface area contributed by atoms with Crippen LogP contribution in [0.4, 0.5) is 4.39 Å². The minimum atomic E-state index is -0.376. The zero-order valence-corrected chi connectivity index (χ0v) is 15.9. The Kier molecular flexibility index (Phi) is 5.41. The number of rotatable bonds is 7. The third-order valence-corrected chi connectivity index (χ3v) is 4.95. The van der Waals surface area contributed by atoms with Crippen molar-refractivity contribution in [2.75, 3.05) is 19.6 Å². The van der Waals surface area contributed by atoms with E-state index in [1.807, 2.05) is 29.4 Å². The summed E-state index contributed by atoms with van der Waals surface area (Å²) in [6.07, 6.45) is 7.32. The van der Waals surface area contributed by atoms with Crippen molar-refractivity contribution in [3.05, 3.63) is 66.4 Å². The predicted molar refractivity (Wildman–Crippen MR) is 106 cm³/mol. The summed E-state index contributed by atoms with van der Waals surface area (Å²) < 4.78 is 17.0. The highest BCUT2D eigenvalue weighted by molar-refractivity contribution is 5.97. The zero-order valence-electron chi connectivity index (χ0n) is 15.9. The predicted octanol–water partition coefficient (Wildman–Crippen LogP) is 2.54. The van der Waals surface area contributed by atoms with Crippen molar-refractivity contribution >= 4 is 11.8 Å². The number of carbonyl (C=O) groups is 2. The molecule has 8 heteroatoms. The van der Waals surface area contributed by atoms with E-state index in [0.29, 0.717) is 43.0 Å². The molecule has 1 N–H and O–H groups in total. The van der Waals surface area contributed by atoms with E-state index in [4.69, 9.17) is 0 Å². The Morgan fingerprint density at radius 1 is 1.21 bits per heavy atom. The zero-order chi connectivity index (χ0) is 20.2. The lowest BCUT2D eigenvalue weighted by Gasteiger charge is -2.15. The smallest absolute Gasteiger partial charge is 0.256 e. The molecule has 2 amide bonds. The number of aromatic nitrogens is 3. The molecule has 0 unspecified atom stereocenters. The molecule has 4 rings (SSSR count). The molecule has 150 valence electrons. The first kappa shape index (κ1) is 18.9. The van der Waals surface area contributed by atoms with Crippen molar-refractivity contribution in [3.8, 4) is 11.5 Å². The number of halogens is 1. The maximum absolute atomic E-state index is 13.7. The number of nitrogens with one attached hydrogen (secondary N) is 1. The molecule has 0 spiro atoms. The van der Waals surface area contributed by atoms with Gasteiger partial charge in [-0.15, -0.1) is 0 Å². The van der Waals surface area contributed by atoms with Crippen molar-refractivity contribution in [2.45, 2.75) is 19.3 Å². The van der Waals surface area contributed by atoms with Crippen LogP contribution in [-0.2, 0) is 4.79 Å². The minimum Gasteiger partial charge on any atom is -0.352 e. The highest BCUT2D eigenvalue weighted by atomic mass is 19.1. The number of hydrogen-bond acceptors (Lipinski definition) is 3. The van der Waals surface area contributed by atoms with Gasteiger partial charge in [-0.2, -0.15) is 5.10 Å². The number of likely N-dealkylation sites (tertiary alicyclic amines) is 1. The van der Waals surface area contributed by atoms with Gasteiger partial charge in [0, 0.05) is 38.4 Å². The van der Waals surface area contributed by atoms with Crippen LogP contribution < -0.4 is 5.32 Å². The Bertz CT molecular complexity index is 1010. The van der Waals surface area contributed by atoms with Gasteiger partial charge in [0.25, 0.3) is 5.91 Å². The second-order valence-corrected chi connectivity index (χ2v) is 6.96. The van der Waals surface area contributed by atoms with Gasteiger partial charge in [0.15, 0.2) is 5.82 Å². The van der Waals surface area contributed by atoms with E-state index in [1.165, 1.54) is 18.3 Å². The first-order valence-corrected chi connectivity index (χ1v) is 9.67. The maximum Gasteiger partial charge on any atom is 0.256 e. The molecule has 3 heterocycles. The van der Waals surface area contributed by atoms with Crippen LogP contribution in [0.15, 0.2) is 55.0 Å². The van der Waals surface area contributed by atoms with Gasteiger partial charge in [0.2, 0.25) is 5.91 Å². The van der Waals surface area contributed by atoms with Crippen LogP contribution in [-0.4, -0.2) is 50.7 Å². The molecule has 1 saturated heterocycles. The van der Waals surface area contributed by atoms with Gasteiger partial charge in [-0.3, -0.25) is 9.59 Å². The van der Waals surface area contributed by atoms with E-state index in [2.05, 4.69) is 10.4 Å². The van der Waals surface area contributed by atoms with Crippen LogP contribution >= 0.6 is 0 Å². The average Bonchev–Trinajstić information content (AvgIpc) is 3.45. The molecule has 0 saturated carbocycles. The molecule has 0 aliphatic carbocycles. The second kappa shape index (κ2) is 8.30. The molecular weight excluding hydrogens is 373 g/mol. The fourth-order valence-electron chi connectivity index (χ4n) is 3.53. The van der Waals surface area contributed by atoms with E-state index in [-0.39, 0.29) is 17.6 Å². The van der Waals surface area contributed by atoms with Gasteiger partial charge in [-0.1, -0.05) is 6.07 Å². The van der Waals surface area contributed by atoms with Crippen LogP contribution in [0, 0.1) is 5.82 Å². The van der Waals surface area contributed by atoms with Crippen LogP contribution in [0.25, 0.3) is 11.5 Å². The highest BCUT2D eigenvalue weighted by Gasteiger charge is 2.21. The van der Waals surface area contributed by atoms with E-state index in [1.54, 1.807) is 21.4 Å². The first-order chi connectivity index (χ1) is 14.1. The lowest BCUT2D eigenvalue weighted by atomic mass is 10.2. The summed E-state index contributed by atoms with van der Waals surface area (Å²) in [5, 5.41) is 7.22. The lowest BCUT2D eigenvalue weighted by molar-refractivity contribution is -0.127. The van der Waals surface area contributed by atoms with Gasteiger partial charge in [0.1, 0.15) is 11.4 Å². The fourth-order valence-corrected chi connectivity index (χ4v) is 3.53. The molecule has 2 aromatic heterocycles. The van der Waals surface area contributed by atoms with Crippen molar-refractivity contribution < 1.29 is 14.0 Å². The van der Waals surface area contributed by atoms with Crippen LogP contribution in [0.3, 0.4) is 0 Å². The van der Waals surface area contributed by atoms with Gasteiger partial charge in [0.05, 0.1) is 11.9 Å². The standard InChI is InChI=1S/C21H22FN5O2/c22-16-6-3-7-17(14-16)27-21(26-10-1-2-11-26)18(15-24-27)20(29)23-9-5-13-25-12-4-8-19(25)28/h1-3,6-7,10-11,14-15H,4-5,8-9,12-13H2,(H,23,29). The molecule has 0 bridgehead atoms. The van der Waals surface area contributed by atoms with E-state index in [0.717, 1.165) is 13.0 Å². The fraction of sp³-hybridized carbons (Fsp3) is 0.286. The summed E-state index contributed by atoms with van der Waals surface area (Å²) in [7, 11) is 0. The monoisotopic (exact) mass is 395 g/mol. The normalized spacial score (nSPS) is 13.8. The maximum atomic E-state index is 13.7. The van der Waals surface area contributed by atoms with Crippen LogP contribution in [0.2, 0.25) is 0 Å². The topological polar surface area (TPSA) is 72.2 Å².